The Hall–Kier alpha value is -3.42. The summed E-state index contributed by atoms with van der Waals surface area (Å²) in [5.41, 5.74) is 9.95. The van der Waals surface area contributed by atoms with Crippen molar-refractivity contribution in [3.05, 3.63) is 58.9 Å². The number of aromatic nitrogens is 4. The van der Waals surface area contributed by atoms with Crippen LogP contribution in [0, 0.1) is 6.92 Å². The standard InChI is InChI=1S/C22H25N7O/c1-13-3-2-4-14(9-13)10-16-11-19(25-20-12-17(27-28-20)15-5-6-15)26-22(24-16)29-8-7-18(29)21(23)30/h2-4,9,11-12,15,18H,5-8,10H2,1H3,(H2,23,30)(H2,24,25,26,27,28)/t18-/m0/s1. The van der Waals surface area contributed by atoms with Gasteiger partial charge in [-0.2, -0.15) is 10.1 Å². The quantitative estimate of drug-likeness (QED) is 0.559. The number of aryl methyl sites for hydroxylation is 1. The zero-order valence-electron chi connectivity index (χ0n) is 16.9. The monoisotopic (exact) mass is 403 g/mol. The Morgan fingerprint density at radius 3 is 2.77 bits per heavy atom. The molecule has 1 saturated carbocycles. The number of aromatic amines is 1. The molecule has 1 saturated heterocycles. The maximum atomic E-state index is 11.7. The third kappa shape index (κ3) is 3.85. The molecule has 1 aliphatic heterocycles. The van der Waals surface area contributed by atoms with Gasteiger partial charge in [0.2, 0.25) is 11.9 Å². The van der Waals surface area contributed by atoms with Crippen LogP contribution in [0.2, 0.25) is 0 Å². The number of benzene rings is 1. The Bertz CT molecular complexity index is 1090. The molecule has 2 aromatic heterocycles. The summed E-state index contributed by atoms with van der Waals surface area (Å²) in [6.07, 6.45) is 3.83. The highest BCUT2D eigenvalue weighted by molar-refractivity contribution is 5.84. The van der Waals surface area contributed by atoms with Crippen LogP contribution in [0.4, 0.5) is 17.6 Å². The molecular weight excluding hydrogens is 378 g/mol. The minimum Gasteiger partial charge on any atom is -0.368 e. The van der Waals surface area contributed by atoms with Gasteiger partial charge in [0.15, 0.2) is 5.82 Å². The van der Waals surface area contributed by atoms with E-state index in [1.54, 1.807) is 0 Å². The molecule has 1 aliphatic carbocycles. The van der Waals surface area contributed by atoms with Gasteiger partial charge < -0.3 is 16.0 Å². The molecule has 1 amide bonds. The number of rotatable bonds is 7. The van der Waals surface area contributed by atoms with E-state index in [1.165, 1.54) is 24.0 Å². The van der Waals surface area contributed by atoms with Crippen LogP contribution in [-0.4, -0.2) is 38.7 Å². The summed E-state index contributed by atoms with van der Waals surface area (Å²) in [6, 6.07) is 12.0. The number of amides is 1. The number of anilines is 3. The highest BCUT2D eigenvalue weighted by atomic mass is 16.1. The Balaban J connectivity index is 1.45. The van der Waals surface area contributed by atoms with E-state index in [0.29, 0.717) is 24.1 Å². The van der Waals surface area contributed by atoms with Crippen molar-refractivity contribution in [3.8, 4) is 0 Å². The lowest BCUT2D eigenvalue weighted by molar-refractivity contribution is -0.120. The molecule has 8 nitrogen and oxygen atoms in total. The van der Waals surface area contributed by atoms with Crippen molar-refractivity contribution in [2.24, 2.45) is 5.73 Å². The Labute approximate surface area is 174 Å². The van der Waals surface area contributed by atoms with E-state index in [9.17, 15) is 4.79 Å². The molecule has 1 aromatic carbocycles. The van der Waals surface area contributed by atoms with Gasteiger partial charge in [0.1, 0.15) is 11.9 Å². The SMILES string of the molecule is Cc1cccc(Cc2cc(Nc3cc(C4CC4)[nH]n3)nc(N3CC[C@H]3C(N)=O)n2)c1. The van der Waals surface area contributed by atoms with Gasteiger partial charge in [0.25, 0.3) is 0 Å². The normalized spacial score (nSPS) is 18.2. The fourth-order valence-corrected chi connectivity index (χ4v) is 3.86. The van der Waals surface area contributed by atoms with Gasteiger partial charge in [0, 0.05) is 36.7 Å². The number of carbonyl (C=O) groups is 1. The second-order valence-corrected chi connectivity index (χ2v) is 8.22. The molecule has 2 aliphatic rings. The summed E-state index contributed by atoms with van der Waals surface area (Å²) in [7, 11) is 0. The summed E-state index contributed by atoms with van der Waals surface area (Å²) < 4.78 is 0. The molecule has 4 N–H and O–H groups in total. The Morgan fingerprint density at radius 2 is 2.07 bits per heavy atom. The minimum absolute atomic E-state index is 0.343. The largest absolute Gasteiger partial charge is 0.368 e. The average Bonchev–Trinajstić information content (AvgIpc) is 3.40. The van der Waals surface area contributed by atoms with Gasteiger partial charge in [-0.25, -0.2) is 4.98 Å². The number of nitrogens with two attached hydrogens (primary N) is 1. The molecule has 0 bridgehead atoms. The van der Waals surface area contributed by atoms with Crippen LogP contribution in [0.15, 0.2) is 36.4 Å². The summed E-state index contributed by atoms with van der Waals surface area (Å²) in [4.78, 5) is 23.0. The molecule has 8 heteroatoms. The lowest BCUT2D eigenvalue weighted by Gasteiger charge is -2.38. The fourth-order valence-electron chi connectivity index (χ4n) is 3.86. The number of primary amides is 1. The number of nitrogens with one attached hydrogen (secondary N) is 2. The third-order valence-corrected chi connectivity index (χ3v) is 5.71. The molecule has 2 fully saturated rings. The predicted octanol–water partition coefficient (Wildman–Crippen LogP) is 2.78. The van der Waals surface area contributed by atoms with Crippen LogP contribution in [0.3, 0.4) is 0 Å². The van der Waals surface area contributed by atoms with Crippen LogP contribution >= 0.6 is 0 Å². The van der Waals surface area contributed by atoms with Crippen LogP contribution in [0.25, 0.3) is 0 Å². The highest BCUT2D eigenvalue weighted by Gasteiger charge is 2.35. The topological polar surface area (TPSA) is 113 Å². The van der Waals surface area contributed by atoms with Crippen molar-refractivity contribution in [3.63, 3.8) is 0 Å². The smallest absolute Gasteiger partial charge is 0.240 e. The van der Waals surface area contributed by atoms with E-state index >= 15 is 0 Å². The lowest BCUT2D eigenvalue weighted by Crippen LogP contribution is -2.55. The van der Waals surface area contributed by atoms with Crippen molar-refractivity contribution in [2.45, 2.75) is 44.6 Å². The first-order chi connectivity index (χ1) is 14.5. The van der Waals surface area contributed by atoms with Crippen molar-refractivity contribution in [1.29, 1.82) is 0 Å². The van der Waals surface area contributed by atoms with E-state index < -0.39 is 0 Å². The maximum absolute atomic E-state index is 11.7. The first-order valence-corrected chi connectivity index (χ1v) is 10.4. The Morgan fingerprint density at radius 1 is 1.20 bits per heavy atom. The Kier molecular flexibility index (Phi) is 4.61. The molecule has 1 atom stereocenters. The fraction of sp³-hybridized carbons (Fsp3) is 0.364. The average molecular weight is 403 g/mol. The number of nitrogens with zero attached hydrogens (tertiary/aromatic N) is 4. The molecule has 3 heterocycles. The van der Waals surface area contributed by atoms with E-state index in [4.69, 9.17) is 10.7 Å². The van der Waals surface area contributed by atoms with Crippen molar-refractivity contribution in [2.75, 3.05) is 16.8 Å². The van der Waals surface area contributed by atoms with Gasteiger partial charge in [-0.15, -0.1) is 0 Å². The predicted molar refractivity (Wildman–Crippen MR) is 115 cm³/mol. The molecule has 3 aromatic rings. The van der Waals surface area contributed by atoms with Gasteiger partial charge in [-0.05, 0) is 31.7 Å². The number of hydrogen-bond acceptors (Lipinski definition) is 6. The zero-order chi connectivity index (χ0) is 20.7. The van der Waals surface area contributed by atoms with E-state index in [1.807, 2.05) is 23.1 Å². The summed E-state index contributed by atoms with van der Waals surface area (Å²) in [5.74, 6) is 2.17. The zero-order valence-corrected chi connectivity index (χ0v) is 16.9. The number of carbonyl (C=O) groups excluding carboxylic acids is 1. The molecule has 5 rings (SSSR count). The molecular formula is C22H25N7O. The second-order valence-electron chi connectivity index (χ2n) is 8.22. The van der Waals surface area contributed by atoms with E-state index in [-0.39, 0.29) is 11.9 Å². The lowest BCUT2D eigenvalue weighted by atomic mass is 10.0. The maximum Gasteiger partial charge on any atom is 0.240 e. The summed E-state index contributed by atoms with van der Waals surface area (Å²) in [6.45, 7) is 2.80. The van der Waals surface area contributed by atoms with E-state index in [0.717, 1.165) is 30.2 Å². The molecule has 154 valence electrons. The summed E-state index contributed by atoms with van der Waals surface area (Å²) >= 11 is 0. The van der Waals surface area contributed by atoms with Crippen molar-refractivity contribution in [1.82, 2.24) is 20.2 Å². The minimum atomic E-state index is -0.348. The molecule has 0 unspecified atom stereocenters. The highest BCUT2D eigenvalue weighted by Crippen LogP contribution is 2.39. The van der Waals surface area contributed by atoms with E-state index in [2.05, 4.69) is 45.6 Å². The van der Waals surface area contributed by atoms with Gasteiger partial charge in [-0.3, -0.25) is 9.89 Å². The molecule has 0 spiro atoms. The van der Waals surface area contributed by atoms with Crippen molar-refractivity contribution >= 4 is 23.5 Å². The molecule has 30 heavy (non-hydrogen) atoms. The third-order valence-electron chi connectivity index (χ3n) is 5.71. The van der Waals surface area contributed by atoms with Crippen LogP contribution in [-0.2, 0) is 11.2 Å². The van der Waals surface area contributed by atoms with Crippen molar-refractivity contribution < 1.29 is 4.79 Å². The summed E-state index contributed by atoms with van der Waals surface area (Å²) in [5, 5.41) is 10.8. The number of hydrogen-bond donors (Lipinski definition) is 3. The van der Waals surface area contributed by atoms with Gasteiger partial charge in [0.05, 0.1) is 5.69 Å². The van der Waals surface area contributed by atoms with Gasteiger partial charge >= 0.3 is 0 Å². The van der Waals surface area contributed by atoms with Gasteiger partial charge in [-0.1, -0.05) is 29.8 Å². The van der Waals surface area contributed by atoms with Crippen LogP contribution < -0.4 is 16.0 Å². The van der Waals surface area contributed by atoms with Crippen LogP contribution in [0.1, 0.15) is 47.7 Å². The van der Waals surface area contributed by atoms with Crippen LogP contribution in [0.5, 0.6) is 0 Å². The first-order valence-electron chi connectivity index (χ1n) is 10.4. The first kappa shape index (κ1) is 18.6. The number of H-pyrrole nitrogens is 1. The second kappa shape index (κ2) is 7.44. The molecule has 0 radical (unpaired) electrons.